The smallest absolute Gasteiger partial charge is 0.420 e. The van der Waals surface area contributed by atoms with Crippen LogP contribution in [0.25, 0.3) is 5.53 Å². The molecule has 0 aliphatic carbocycles. The highest BCUT2D eigenvalue weighted by atomic mass is 28.4. The van der Waals surface area contributed by atoms with Gasteiger partial charge in [-0.25, -0.2) is 9.59 Å². The second-order valence-electron chi connectivity index (χ2n) is 5.99. The normalized spacial score (nSPS) is 14.8. The lowest BCUT2D eigenvalue weighted by Gasteiger charge is -2.37. The highest BCUT2D eigenvalue weighted by molar-refractivity contribution is 6.74. The first-order valence-electron chi connectivity index (χ1n) is 8.49. The van der Waals surface area contributed by atoms with E-state index in [0.717, 1.165) is 7.11 Å². The summed E-state index contributed by atoms with van der Waals surface area (Å²) in [6.07, 6.45) is -0.668. The van der Waals surface area contributed by atoms with Gasteiger partial charge in [-0.1, -0.05) is 20.8 Å². The second-order valence-corrected chi connectivity index (χ2v) is 10.7. The lowest BCUT2D eigenvalue weighted by atomic mass is 9.90. The molecule has 9 heteroatoms. The summed E-state index contributed by atoms with van der Waals surface area (Å²) < 4.78 is 15.9. The molecule has 0 saturated carbocycles. The molecule has 0 heterocycles. The van der Waals surface area contributed by atoms with Crippen LogP contribution in [0.15, 0.2) is 0 Å². The monoisotopic (exact) mass is 374 g/mol. The summed E-state index contributed by atoms with van der Waals surface area (Å²) in [5, 5.41) is 9.68. The molecule has 0 aromatic rings. The number of ether oxygens (including phenoxy) is 2. The number of aliphatic hydroxyl groups is 1. The number of methoxy groups -OCH3 is 2. The van der Waals surface area contributed by atoms with Gasteiger partial charge in [0.25, 0.3) is 5.60 Å². The Labute approximate surface area is 150 Å². The SMILES string of the molecule is CC[Si](CC)(CC)O[C@@](CCC(C)O)(C(=O)OC)C(=[N+]=[N-])C(=O)OC. The third kappa shape index (κ3) is 5.47. The summed E-state index contributed by atoms with van der Waals surface area (Å²) in [6, 6.07) is 2.11. The van der Waals surface area contributed by atoms with Gasteiger partial charge < -0.3 is 24.5 Å². The van der Waals surface area contributed by atoms with E-state index < -0.39 is 37.7 Å². The summed E-state index contributed by atoms with van der Waals surface area (Å²) in [5.41, 5.74) is 6.96. The van der Waals surface area contributed by atoms with Gasteiger partial charge in [-0.15, -0.1) is 0 Å². The molecule has 0 amide bonds. The number of carbonyl (C=O) groups excluding carboxylic acids is 2. The summed E-state index contributed by atoms with van der Waals surface area (Å²) in [7, 11) is -0.135. The van der Waals surface area contributed by atoms with Crippen molar-refractivity contribution in [3.63, 3.8) is 0 Å². The lowest BCUT2D eigenvalue weighted by Crippen LogP contribution is -2.59. The molecule has 1 unspecified atom stereocenters. The summed E-state index contributed by atoms with van der Waals surface area (Å²) in [6.45, 7) is 7.44. The van der Waals surface area contributed by atoms with Gasteiger partial charge in [0.05, 0.1) is 20.3 Å². The van der Waals surface area contributed by atoms with Crippen LogP contribution in [-0.2, 0) is 23.5 Å². The van der Waals surface area contributed by atoms with E-state index in [1.54, 1.807) is 6.92 Å². The standard InChI is InChI=1S/C16H30N2O6Si/c1-7-25(8-2,9-3)24-16(15(21)23-6,11-10-12(4)19)13(18-17)14(20)22-5/h12,19H,7-11H2,1-6H3/t12?,16-/m1/s1. The Morgan fingerprint density at radius 1 is 1.16 bits per heavy atom. The van der Waals surface area contributed by atoms with E-state index in [2.05, 4.69) is 9.53 Å². The number of rotatable bonds is 11. The molecule has 0 spiro atoms. The fraction of sp³-hybridized carbons (Fsp3) is 0.812. The first kappa shape index (κ1) is 23.5. The van der Waals surface area contributed by atoms with Crippen molar-refractivity contribution >= 4 is 26.0 Å². The Bertz CT molecular complexity index is 506. The maximum atomic E-state index is 12.7. The number of nitrogens with zero attached hydrogens (tertiary/aromatic N) is 2. The van der Waals surface area contributed by atoms with E-state index in [4.69, 9.17) is 9.16 Å². The molecule has 0 fully saturated rings. The average molecular weight is 375 g/mol. The van der Waals surface area contributed by atoms with Crippen molar-refractivity contribution in [3.05, 3.63) is 5.53 Å². The van der Waals surface area contributed by atoms with Gasteiger partial charge >= 0.3 is 17.7 Å². The van der Waals surface area contributed by atoms with Crippen molar-refractivity contribution in [1.82, 2.24) is 0 Å². The fourth-order valence-corrected chi connectivity index (χ4v) is 5.71. The maximum Gasteiger partial charge on any atom is 0.420 e. The Kier molecular flexibility index (Phi) is 9.80. The maximum absolute atomic E-state index is 12.7. The zero-order chi connectivity index (χ0) is 19.7. The highest BCUT2D eigenvalue weighted by Gasteiger charge is 2.59. The summed E-state index contributed by atoms with van der Waals surface area (Å²) in [4.78, 5) is 27.9. The van der Waals surface area contributed by atoms with Crippen molar-refractivity contribution in [1.29, 1.82) is 0 Å². The van der Waals surface area contributed by atoms with Crippen LogP contribution in [0.1, 0.15) is 40.5 Å². The quantitative estimate of drug-likeness (QED) is 0.194. The number of esters is 2. The van der Waals surface area contributed by atoms with Gasteiger partial charge in [-0.3, -0.25) is 0 Å². The molecule has 25 heavy (non-hydrogen) atoms. The first-order chi connectivity index (χ1) is 11.7. The van der Waals surface area contributed by atoms with E-state index in [0.29, 0.717) is 18.1 Å². The van der Waals surface area contributed by atoms with Gasteiger partial charge in [-0.05, 0) is 31.5 Å². The summed E-state index contributed by atoms with van der Waals surface area (Å²) >= 11 is 0. The summed E-state index contributed by atoms with van der Waals surface area (Å²) in [5.74, 6) is -1.83. The van der Waals surface area contributed by atoms with Crippen molar-refractivity contribution in [2.45, 2.75) is 70.4 Å². The van der Waals surface area contributed by atoms with Gasteiger partial charge in [0.1, 0.15) is 0 Å². The lowest BCUT2D eigenvalue weighted by molar-refractivity contribution is -0.161. The Balaban J connectivity index is 6.41. The van der Waals surface area contributed by atoms with E-state index >= 15 is 0 Å². The van der Waals surface area contributed by atoms with Crippen LogP contribution in [0.5, 0.6) is 0 Å². The molecule has 8 nitrogen and oxygen atoms in total. The minimum atomic E-state index is -2.42. The zero-order valence-corrected chi connectivity index (χ0v) is 17.0. The van der Waals surface area contributed by atoms with E-state index in [1.165, 1.54) is 7.11 Å². The molecule has 2 atom stereocenters. The van der Waals surface area contributed by atoms with Crippen molar-refractivity contribution in [2.24, 2.45) is 0 Å². The number of aliphatic hydroxyl groups excluding tert-OH is 1. The average Bonchev–Trinajstić information content (AvgIpc) is 2.63. The first-order valence-corrected chi connectivity index (χ1v) is 11.0. The molecule has 0 radical (unpaired) electrons. The third-order valence-corrected chi connectivity index (χ3v) is 9.26. The Morgan fingerprint density at radius 3 is 2.00 bits per heavy atom. The predicted molar refractivity (Wildman–Crippen MR) is 94.6 cm³/mol. The van der Waals surface area contributed by atoms with Crippen molar-refractivity contribution in [2.75, 3.05) is 14.2 Å². The minimum Gasteiger partial charge on any atom is -0.466 e. The molecule has 0 rings (SSSR count). The van der Waals surface area contributed by atoms with Crippen LogP contribution in [0, 0.1) is 0 Å². The van der Waals surface area contributed by atoms with Crippen molar-refractivity contribution in [3.8, 4) is 0 Å². The third-order valence-electron chi connectivity index (χ3n) is 4.61. The fourth-order valence-electron chi connectivity index (χ4n) is 2.75. The van der Waals surface area contributed by atoms with Crippen LogP contribution >= 0.6 is 0 Å². The van der Waals surface area contributed by atoms with E-state index in [-0.39, 0.29) is 12.8 Å². The van der Waals surface area contributed by atoms with Crippen LogP contribution in [0.4, 0.5) is 0 Å². The number of hydrogen-bond donors (Lipinski definition) is 1. The molecule has 0 aromatic carbocycles. The molecule has 144 valence electrons. The number of hydrogen-bond acceptors (Lipinski definition) is 6. The van der Waals surface area contributed by atoms with Crippen LogP contribution in [-0.4, -0.2) is 61.8 Å². The predicted octanol–water partition coefficient (Wildman–Crippen LogP) is 1.92. The topological polar surface area (TPSA) is 118 Å². The minimum absolute atomic E-state index is 0.0689. The van der Waals surface area contributed by atoms with Crippen LogP contribution in [0.2, 0.25) is 18.1 Å². The molecular weight excluding hydrogens is 344 g/mol. The Hall–Kier alpha value is -1.54. The van der Waals surface area contributed by atoms with Gasteiger partial charge in [-0.2, -0.15) is 4.79 Å². The van der Waals surface area contributed by atoms with Crippen LogP contribution in [0.3, 0.4) is 0 Å². The van der Waals surface area contributed by atoms with Crippen molar-refractivity contribution < 1.29 is 33.4 Å². The van der Waals surface area contributed by atoms with Gasteiger partial charge in [0, 0.05) is 6.42 Å². The second kappa shape index (κ2) is 10.4. The van der Waals surface area contributed by atoms with E-state index in [9.17, 15) is 20.2 Å². The molecule has 1 N–H and O–H groups in total. The molecular formula is C16H30N2O6Si. The van der Waals surface area contributed by atoms with E-state index in [1.807, 2.05) is 20.8 Å². The Morgan fingerprint density at radius 2 is 1.68 bits per heavy atom. The number of carbonyl (C=O) groups is 2. The zero-order valence-electron chi connectivity index (χ0n) is 16.0. The largest absolute Gasteiger partial charge is 0.466 e. The van der Waals surface area contributed by atoms with Crippen LogP contribution < -0.4 is 0 Å². The molecule has 0 saturated heterocycles. The van der Waals surface area contributed by atoms with Gasteiger partial charge in [0.2, 0.25) is 0 Å². The highest BCUT2D eigenvalue weighted by Crippen LogP contribution is 2.33. The molecule has 0 aromatic heterocycles. The molecule has 0 aliphatic rings. The molecule has 0 bridgehead atoms. The van der Waals surface area contributed by atoms with Gasteiger partial charge in [0.15, 0.2) is 8.32 Å². The molecule has 0 aliphatic heterocycles.